The molecule has 11 heavy (non-hydrogen) atoms. The van der Waals surface area contributed by atoms with Crippen molar-refractivity contribution >= 4 is 39.1 Å². The number of hydrogen-bond donors (Lipinski definition) is 0. The summed E-state index contributed by atoms with van der Waals surface area (Å²) >= 11 is 14.8. The Morgan fingerprint density at radius 1 is 1.45 bits per heavy atom. The Morgan fingerprint density at radius 2 is 2.18 bits per heavy atom. The summed E-state index contributed by atoms with van der Waals surface area (Å²) < 4.78 is 0. The minimum atomic E-state index is 0.577. The molecular weight excluding hydrogens is 249 g/mol. The van der Waals surface area contributed by atoms with Crippen LogP contribution in [0.4, 0.5) is 0 Å². The molecule has 1 nitrogen and oxygen atoms in total. The normalized spacial score (nSPS) is 10.1. The van der Waals surface area contributed by atoms with Crippen LogP contribution in [0.1, 0.15) is 5.69 Å². The van der Waals surface area contributed by atoms with Crippen molar-refractivity contribution in [1.82, 2.24) is 4.98 Å². The lowest BCUT2D eigenvalue weighted by molar-refractivity contribution is 1.05. The van der Waals surface area contributed by atoms with Crippen LogP contribution < -0.4 is 0 Å². The number of aromatic nitrogens is 1. The maximum Gasteiger partial charge on any atom is 0.0636 e. The van der Waals surface area contributed by atoms with Crippen LogP contribution in [0.3, 0.4) is 0 Å². The molecule has 0 aliphatic heterocycles. The van der Waals surface area contributed by atoms with E-state index in [2.05, 4.69) is 20.9 Å². The largest absolute Gasteiger partial charge is 0.258 e. The summed E-state index contributed by atoms with van der Waals surface area (Å²) in [5.41, 5.74) is 0.882. The number of hydrogen-bond acceptors (Lipinski definition) is 1. The number of halogens is 3. The van der Waals surface area contributed by atoms with Gasteiger partial charge in [0.1, 0.15) is 0 Å². The Balaban J connectivity index is 2.90. The van der Waals surface area contributed by atoms with Crippen molar-refractivity contribution in [2.75, 3.05) is 5.33 Å². The standard InChI is InChI=1S/C7H6BrCl2N/c8-2-1-7-6(10)3-5(9)4-11-7/h3-4H,1-2H2. The molecule has 0 aliphatic carbocycles. The van der Waals surface area contributed by atoms with E-state index in [1.54, 1.807) is 12.3 Å². The zero-order chi connectivity index (χ0) is 8.27. The van der Waals surface area contributed by atoms with Gasteiger partial charge in [-0.2, -0.15) is 0 Å². The van der Waals surface area contributed by atoms with Gasteiger partial charge in [0.05, 0.1) is 15.7 Å². The molecule has 0 bridgehead atoms. The molecule has 0 radical (unpaired) electrons. The highest BCUT2D eigenvalue weighted by atomic mass is 79.9. The Kier molecular flexibility index (Phi) is 3.63. The fourth-order valence-electron chi connectivity index (χ4n) is 0.716. The van der Waals surface area contributed by atoms with E-state index in [1.807, 2.05) is 0 Å². The number of pyridine rings is 1. The topological polar surface area (TPSA) is 12.9 Å². The van der Waals surface area contributed by atoms with Crippen LogP contribution in [-0.4, -0.2) is 10.3 Å². The van der Waals surface area contributed by atoms with E-state index in [4.69, 9.17) is 23.2 Å². The van der Waals surface area contributed by atoms with Gasteiger partial charge in [0.2, 0.25) is 0 Å². The van der Waals surface area contributed by atoms with Gasteiger partial charge in [0.15, 0.2) is 0 Å². The molecule has 0 spiro atoms. The first-order valence-corrected chi connectivity index (χ1v) is 4.97. The molecular formula is C7H6BrCl2N. The minimum absolute atomic E-state index is 0.577. The molecule has 0 saturated carbocycles. The minimum Gasteiger partial charge on any atom is -0.258 e. The van der Waals surface area contributed by atoms with E-state index in [1.165, 1.54) is 0 Å². The van der Waals surface area contributed by atoms with Gasteiger partial charge in [0, 0.05) is 17.9 Å². The van der Waals surface area contributed by atoms with E-state index in [0.29, 0.717) is 10.0 Å². The molecule has 1 aromatic heterocycles. The summed E-state index contributed by atoms with van der Waals surface area (Å²) in [5, 5.41) is 2.08. The average molecular weight is 255 g/mol. The van der Waals surface area contributed by atoms with E-state index < -0.39 is 0 Å². The molecule has 1 rings (SSSR count). The second kappa shape index (κ2) is 4.29. The van der Waals surface area contributed by atoms with Gasteiger partial charge in [-0.05, 0) is 6.07 Å². The third-order valence-electron chi connectivity index (χ3n) is 1.22. The SMILES string of the molecule is Clc1cnc(CCBr)c(Cl)c1. The Labute approximate surface area is 83.9 Å². The molecule has 0 amide bonds. The second-order valence-electron chi connectivity index (χ2n) is 2.02. The van der Waals surface area contributed by atoms with E-state index in [0.717, 1.165) is 17.4 Å². The van der Waals surface area contributed by atoms with Crippen molar-refractivity contribution in [3.05, 3.63) is 28.0 Å². The third-order valence-corrected chi connectivity index (χ3v) is 2.15. The smallest absolute Gasteiger partial charge is 0.0636 e. The first kappa shape index (κ1) is 9.30. The van der Waals surface area contributed by atoms with Crippen LogP contribution in [0.15, 0.2) is 12.3 Å². The molecule has 0 fully saturated rings. The van der Waals surface area contributed by atoms with Gasteiger partial charge in [-0.3, -0.25) is 4.98 Å². The Hall–Kier alpha value is 0.210. The number of alkyl halides is 1. The Bertz CT molecular complexity index is 252. The second-order valence-corrected chi connectivity index (χ2v) is 3.66. The third kappa shape index (κ3) is 2.62. The molecule has 0 unspecified atom stereocenters. The van der Waals surface area contributed by atoms with Crippen molar-refractivity contribution in [2.24, 2.45) is 0 Å². The predicted molar refractivity (Wildman–Crippen MR) is 51.8 cm³/mol. The van der Waals surface area contributed by atoms with Gasteiger partial charge in [-0.25, -0.2) is 0 Å². The Morgan fingerprint density at radius 3 is 2.73 bits per heavy atom. The highest BCUT2D eigenvalue weighted by Gasteiger charge is 2.00. The zero-order valence-corrected chi connectivity index (χ0v) is 8.75. The summed E-state index contributed by atoms with van der Waals surface area (Å²) in [4.78, 5) is 4.07. The lowest BCUT2D eigenvalue weighted by Crippen LogP contribution is -1.91. The van der Waals surface area contributed by atoms with Gasteiger partial charge in [0.25, 0.3) is 0 Å². The number of aryl methyl sites for hydroxylation is 1. The highest BCUT2D eigenvalue weighted by molar-refractivity contribution is 9.09. The van der Waals surface area contributed by atoms with Crippen molar-refractivity contribution in [1.29, 1.82) is 0 Å². The summed E-state index contributed by atoms with van der Waals surface area (Å²) in [6.07, 6.45) is 2.43. The molecule has 0 aliphatic rings. The quantitative estimate of drug-likeness (QED) is 0.738. The van der Waals surface area contributed by atoms with Gasteiger partial charge in [-0.1, -0.05) is 39.1 Å². The van der Waals surface area contributed by atoms with Gasteiger partial charge in [-0.15, -0.1) is 0 Å². The van der Waals surface area contributed by atoms with E-state index in [9.17, 15) is 0 Å². The van der Waals surface area contributed by atoms with Crippen molar-refractivity contribution in [3.63, 3.8) is 0 Å². The molecule has 4 heteroatoms. The van der Waals surface area contributed by atoms with Crippen LogP contribution in [0.2, 0.25) is 10.0 Å². The maximum absolute atomic E-state index is 5.84. The molecule has 0 aromatic carbocycles. The van der Waals surface area contributed by atoms with Crippen molar-refractivity contribution in [2.45, 2.75) is 6.42 Å². The fraction of sp³-hybridized carbons (Fsp3) is 0.286. The van der Waals surface area contributed by atoms with Crippen LogP contribution in [0.5, 0.6) is 0 Å². The maximum atomic E-state index is 5.84. The monoisotopic (exact) mass is 253 g/mol. The summed E-state index contributed by atoms with van der Waals surface area (Å²) in [5.74, 6) is 0. The molecule has 0 saturated heterocycles. The number of nitrogens with zero attached hydrogens (tertiary/aromatic N) is 1. The average Bonchev–Trinajstić information content (AvgIpc) is 1.95. The zero-order valence-electron chi connectivity index (χ0n) is 5.65. The van der Waals surface area contributed by atoms with Gasteiger partial charge < -0.3 is 0 Å². The summed E-state index contributed by atoms with van der Waals surface area (Å²) in [6.45, 7) is 0. The lowest BCUT2D eigenvalue weighted by Gasteiger charge is -1.99. The summed E-state index contributed by atoms with van der Waals surface area (Å²) in [7, 11) is 0. The lowest BCUT2D eigenvalue weighted by atomic mass is 10.3. The van der Waals surface area contributed by atoms with Crippen LogP contribution in [0, 0.1) is 0 Å². The highest BCUT2D eigenvalue weighted by Crippen LogP contribution is 2.18. The molecule has 0 atom stereocenters. The van der Waals surface area contributed by atoms with Crippen molar-refractivity contribution in [3.8, 4) is 0 Å². The van der Waals surface area contributed by atoms with Crippen molar-refractivity contribution < 1.29 is 0 Å². The predicted octanol–water partition coefficient (Wildman–Crippen LogP) is 3.33. The first-order chi connectivity index (χ1) is 5.24. The number of rotatable bonds is 2. The van der Waals surface area contributed by atoms with Crippen LogP contribution in [0.25, 0.3) is 0 Å². The fourth-order valence-corrected chi connectivity index (χ4v) is 1.57. The van der Waals surface area contributed by atoms with Crippen LogP contribution >= 0.6 is 39.1 Å². The molecule has 1 heterocycles. The first-order valence-electron chi connectivity index (χ1n) is 3.10. The summed E-state index contributed by atoms with van der Waals surface area (Å²) in [6, 6.07) is 1.70. The molecule has 0 N–H and O–H groups in total. The van der Waals surface area contributed by atoms with E-state index in [-0.39, 0.29) is 0 Å². The molecule has 1 aromatic rings. The molecule has 60 valence electrons. The van der Waals surface area contributed by atoms with E-state index >= 15 is 0 Å². The van der Waals surface area contributed by atoms with Crippen LogP contribution in [-0.2, 0) is 6.42 Å². The van der Waals surface area contributed by atoms with Gasteiger partial charge >= 0.3 is 0 Å².